The van der Waals surface area contributed by atoms with Gasteiger partial charge in [0.05, 0.1) is 26.8 Å². The number of sulfone groups is 1. The van der Waals surface area contributed by atoms with Crippen LogP contribution >= 0.6 is 0 Å². The van der Waals surface area contributed by atoms with E-state index < -0.39 is 38.6 Å². The van der Waals surface area contributed by atoms with E-state index in [1.807, 2.05) is 0 Å². The first-order chi connectivity index (χ1) is 19.2. The molecule has 218 valence electrons. The Balaban J connectivity index is 1.93. The summed E-state index contributed by atoms with van der Waals surface area (Å²) in [5, 5.41) is 24.2. The highest BCUT2D eigenvalue weighted by molar-refractivity contribution is 7.91. The van der Waals surface area contributed by atoms with Crippen molar-refractivity contribution in [3.05, 3.63) is 94.4 Å². The molecule has 0 saturated heterocycles. The Bertz CT molecular complexity index is 1630. The summed E-state index contributed by atoms with van der Waals surface area (Å²) in [7, 11) is -8.42. The van der Waals surface area contributed by atoms with Crippen LogP contribution in [-0.4, -0.2) is 62.4 Å². The highest BCUT2D eigenvalue weighted by Gasteiger charge is 2.31. The van der Waals surface area contributed by atoms with Crippen molar-refractivity contribution in [2.24, 2.45) is 11.0 Å². The monoisotopic (exact) mass is 600 g/mol. The number of hydrogen-bond donors (Lipinski definition) is 2. The molecule has 1 unspecified atom stereocenters. The lowest BCUT2D eigenvalue weighted by Gasteiger charge is -2.28. The molecule has 2 N–H and O–H groups in total. The number of phenols is 1. The van der Waals surface area contributed by atoms with Gasteiger partial charge in [-0.25, -0.2) is 16.8 Å². The fraction of sp³-hybridized carbons (Fsp3) is 0.321. The zero-order chi connectivity index (χ0) is 30.4. The van der Waals surface area contributed by atoms with Crippen molar-refractivity contribution in [1.29, 1.82) is 0 Å². The Hall–Kier alpha value is -3.74. The van der Waals surface area contributed by atoms with Crippen LogP contribution in [-0.2, 0) is 26.3 Å². The highest BCUT2D eigenvalue weighted by Crippen LogP contribution is 2.26. The molecular formula is C28H32N4O7S2. The molecule has 3 rings (SSSR count). The van der Waals surface area contributed by atoms with E-state index in [0.717, 1.165) is 10.4 Å². The zero-order valence-corrected chi connectivity index (χ0v) is 24.5. The molecule has 3 aromatic carbocycles. The molecule has 2 atom stereocenters. The number of aliphatic hydroxyl groups excluding tert-OH is 1. The molecule has 0 radical (unpaired) electrons. The Morgan fingerprint density at radius 2 is 1.54 bits per heavy atom. The maximum Gasteiger partial charge on any atom is 0.243 e. The number of carbonyl (C=O) groups is 1. The quantitative estimate of drug-likeness (QED) is 0.127. The first-order valence-corrected chi connectivity index (χ1v) is 15.6. The van der Waals surface area contributed by atoms with E-state index in [1.54, 1.807) is 26.0 Å². The lowest BCUT2D eigenvalue weighted by molar-refractivity contribution is 0.101. The van der Waals surface area contributed by atoms with Crippen LogP contribution in [0.25, 0.3) is 10.4 Å². The molecular weight excluding hydrogens is 568 g/mol. The van der Waals surface area contributed by atoms with E-state index in [1.165, 1.54) is 61.5 Å². The summed E-state index contributed by atoms with van der Waals surface area (Å²) in [6.07, 6.45) is -1.29. The maximum absolute atomic E-state index is 13.8. The number of aromatic hydroxyl groups is 1. The Kier molecular flexibility index (Phi) is 10.3. The molecule has 0 aliphatic heterocycles. The van der Waals surface area contributed by atoms with E-state index >= 15 is 0 Å². The van der Waals surface area contributed by atoms with E-state index in [-0.39, 0.29) is 45.1 Å². The third-order valence-corrected chi connectivity index (χ3v) is 9.90. The number of carbonyl (C=O) groups excluding carboxylic acids is 1. The van der Waals surface area contributed by atoms with Crippen LogP contribution in [0.4, 0.5) is 0 Å². The summed E-state index contributed by atoms with van der Waals surface area (Å²) < 4.78 is 55.1. The van der Waals surface area contributed by atoms with Gasteiger partial charge in [0.1, 0.15) is 5.75 Å². The molecule has 0 saturated carbocycles. The maximum atomic E-state index is 13.8. The average Bonchev–Trinajstić information content (AvgIpc) is 2.93. The smallest absolute Gasteiger partial charge is 0.243 e. The average molecular weight is 601 g/mol. The lowest BCUT2D eigenvalue weighted by atomic mass is 10.0. The molecule has 0 aliphatic rings. The number of sulfonamides is 1. The largest absolute Gasteiger partial charge is 0.508 e. The van der Waals surface area contributed by atoms with Crippen LogP contribution in [0, 0.1) is 5.92 Å². The molecule has 0 fully saturated rings. The Morgan fingerprint density at radius 3 is 2.10 bits per heavy atom. The van der Waals surface area contributed by atoms with Gasteiger partial charge in [0.15, 0.2) is 5.78 Å². The minimum Gasteiger partial charge on any atom is -0.508 e. The minimum atomic E-state index is -4.30. The van der Waals surface area contributed by atoms with Crippen LogP contribution in [0.1, 0.15) is 36.7 Å². The molecule has 0 spiro atoms. The van der Waals surface area contributed by atoms with Gasteiger partial charge in [0.2, 0.25) is 19.9 Å². The van der Waals surface area contributed by atoms with Crippen LogP contribution in [0.15, 0.2) is 92.6 Å². The summed E-state index contributed by atoms with van der Waals surface area (Å²) in [5.41, 5.74) is 10.1. The minimum absolute atomic E-state index is 0.00504. The van der Waals surface area contributed by atoms with Crippen molar-refractivity contribution < 1.29 is 31.8 Å². The molecule has 13 heteroatoms. The zero-order valence-electron chi connectivity index (χ0n) is 22.8. The molecule has 0 aromatic heterocycles. The lowest BCUT2D eigenvalue weighted by Crippen LogP contribution is -2.43. The number of Topliss-reactive ketones (excluding diaryl/α,β-unsaturated/α-hetero) is 1. The van der Waals surface area contributed by atoms with Gasteiger partial charge in [-0.1, -0.05) is 49.3 Å². The summed E-state index contributed by atoms with van der Waals surface area (Å²) in [5.74, 6) is -0.333. The van der Waals surface area contributed by atoms with Gasteiger partial charge in [0.25, 0.3) is 0 Å². The number of azide groups is 1. The van der Waals surface area contributed by atoms with Gasteiger partial charge < -0.3 is 10.2 Å². The van der Waals surface area contributed by atoms with Gasteiger partial charge in [0, 0.05) is 23.6 Å². The van der Waals surface area contributed by atoms with Crippen LogP contribution in [0.2, 0.25) is 0 Å². The summed E-state index contributed by atoms with van der Waals surface area (Å²) in [6.45, 7) is 4.54. The normalized spacial score (nSPS) is 13.5. The Morgan fingerprint density at radius 1 is 0.927 bits per heavy atom. The number of aliphatic hydroxyl groups is 1. The molecule has 41 heavy (non-hydrogen) atoms. The number of phenolic OH excluding ortho intramolecular Hbond substituents is 1. The first-order valence-electron chi connectivity index (χ1n) is 12.7. The van der Waals surface area contributed by atoms with Gasteiger partial charge in [-0.05, 0) is 72.8 Å². The van der Waals surface area contributed by atoms with Crippen molar-refractivity contribution in [3.8, 4) is 5.75 Å². The van der Waals surface area contributed by atoms with Crippen molar-refractivity contribution in [3.63, 3.8) is 0 Å². The van der Waals surface area contributed by atoms with Gasteiger partial charge in [-0.15, -0.1) is 0 Å². The number of hydrogen-bond acceptors (Lipinski definition) is 8. The SMILES string of the molecule is CC(=O)c1ccc(S(=O)(=O)c2cccc(S(=O)(=O)N(CC(C)C)CC(O)[C@H](Cc3ccc(O)cc3)N=[N+]=[N-])c2)cc1. The summed E-state index contributed by atoms with van der Waals surface area (Å²) >= 11 is 0. The van der Waals surface area contributed by atoms with Gasteiger partial charge in [-0.3, -0.25) is 4.79 Å². The van der Waals surface area contributed by atoms with Gasteiger partial charge in [-0.2, -0.15) is 4.31 Å². The predicted octanol–water partition coefficient (Wildman–Crippen LogP) is 4.36. The van der Waals surface area contributed by atoms with E-state index in [0.29, 0.717) is 11.1 Å². The molecule has 11 nitrogen and oxygen atoms in total. The topological polar surface area (TPSA) is 178 Å². The summed E-state index contributed by atoms with van der Waals surface area (Å²) in [4.78, 5) is 13.7. The fourth-order valence-corrected chi connectivity index (χ4v) is 7.21. The predicted molar refractivity (Wildman–Crippen MR) is 153 cm³/mol. The third kappa shape index (κ3) is 7.93. The van der Waals surface area contributed by atoms with E-state index in [4.69, 9.17) is 5.53 Å². The standard InChI is InChI=1S/C28H32N4O7S2/c1-19(2)17-32(18-28(35)27(30-31-29)15-21-7-11-23(34)12-8-21)41(38,39)26-6-4-5-25(16-26)40(36,37)24-13-9-22(10-14-24)20(3)33/h4-14,16,19,27-28,34-35H,15,17-18H2,1-3H3/t27-,28?/m0/s1. The molecule has 0 aliphatic carbocycles. The van der Waals surface area contributed by atoms with Crippen LogP contribution < -0.4 is 0 Å². The molecule has 0 amide bonds. The second-order valence-corrected chi connectivity index (χ2v) is 13.9. The Labute approximate surface area is 239 Å². The van der Waals surface area contributed by atoms with Gasteiger partial charge >= 0.3 is 0 Å². The number of benzene rings is 3. The molecule has 0 bridgehead atoms. The van der Waals surface area contributed by atoms with Crippen molar-refractivity contribution in [1.82, 2.24) is 4.31 Å². The van der Waals surface area contributed by atoms with Crippen molar-refractivity contribution in [2.45, 2.75) is 54.0 Å². The second-order valence-electron chi connectivity index (χ2n) is 9.98. The van der Waals surface area contributed by atoms with Crippen molar-refractivity contribution >= 4 is 25.6 Å². The number of rotatable bonds is 13. The van der Waals surface area contributed by atoms with E-state index in [9.17, 15) is 31.8 Å². The third-order valence-electron chi connectivity index (χ3n) is 6.31. The van der Waals surface area contributed by atoms with Crippen LogP contribution in [0.5, 0.6) is 5.75 Å². The fourth-order valence-electron chi connectivity index (χ4n) is 4.16. The molecule has 0 heterocycles. The summed E-state index contributed by atoms with van der Waals surface area (Å²) in [6, 6.07) is 15.4. The van der Waals surface area contributed by atoms with Crippen LogP contribution in [0.3, 0.4) is 0 Å². The number of ketones is 1. The van der Waals surface area contributed by atoms with E-state index in [2.05, 4.69) is 10.0 Å². The first kappa shape index (κ1) is 31.8. The molecule has 3 aromatic rings. The number of nitrogens with zero attached hydrogens (tertiary/aromatic N) is 4. The highest BCUT2D eigenvalue weighted by atomic mass is 32.2. The second kappa shape index (κ2) is 13.3. The van der Waals surface area contributed by atoms with Crippen molar-refractivity contribution in [2.75, 3.05) is 13.1 Å².